The van der Waals surface area contributed by atoms with Gasteiger partial charge >= 0.3 is 5.97 Å². The topological polar surface area (TPSA) is 103 Å². The number of carboxylic acids is 1. The lowest BCUT2D eigenvalue weighted by Crippen LogP contribution is -2.44. The van der Waals surface area contributed by atoms with Gasteiger partial charge < -0.3 is 10.1 Å². The standard InChI is InChI=1S/C16H21N3O4S/c1-24(22,23)19-7-6-11(9-16(20)21)12(10-19)8-15-17-13-4-2-3-5-14(13)18-15/h2-5,11-12H,6-10H2,1H3,(H,17,18)(H,20,21). The van der Waals surface area contributed by atoms with Crippen LogP contribution in [0.3, 0.4) is 0 Å². The third-order valence-electron chi connectivity index (χ3n) is 4.65. The highest BCUT2D eigenvalue weighted by molar-refractivity contribution is 7.88. The third-order valence-corrected chi connectivity index (χ3v) is 5.92. The minimum Gasteiger partial charge on any atom is -0.481 e. The van der Waals surface area contributed by atoms with Crippen molar-refractivity contribution in [2.45, 2.75) is 19.3 Å². The number of sulfonamides is 1. The highest BCUT2D eigenvalue weighted by Gasteiger charge is 2.34. The van der Waals surface area contributed by atoms with E-state index in [0.717, 1.165) is 16.9 Å². The SMILES string of the molecule is CS(=O)(=O)N1CCC(CC(=O)O)C(Cc2nc3ccccc3[nH]2)C1. The van der Waals surface area contributed by atoms with Crippen LogP contribution in [0.25, 0.3) is 11.0 Å². The Balaban J connectivity index is 1.82. The van der Waals surface area contributed by atoms with Crippen LogP contribution >= 0.6 is 0 Å². The van der Waals surface area contributed by atoms with Crippen molar-refractivity contribution in [3.63, 3.8) is 0 Å². The first-order valence-corrected chi connectivity index (χ1v) is 9.78. The summed E-state index contributed by atoms with van der Waals surface area (Å²) in [7, 11) is -3.27. The van der Waals surface area contributed by atoms with E-state index in [1.165, 1.54) is 10.6 Å². The number of H-pyrrole nitrogens is 1. The number of carboxylic acid groups (broad SMARTS) is 1. The fraction of sp³-hybridized carbons (Fsp3) is 0.500. The minimum absolute atomic E-state index is 0.0475. The molecule has 3 rings (SSSR count). The van der Waals surface area contributed by atoms with Crippen LogP contribution in [0.1, 0.15) is 18.7 Å². The molecule has 0 amide bonds. The molecule has 1 aliphatic rings. The number of aromatic nitrogens is 2. The number of benzene rings is 1. The fourth-order valence-electron chi connectivity index (χ4n) is 3.42. The maximum absolute atomic E-state index is 11.8. The zero-order chi connectivity index (χ0) is 17.3. The smallest absolute Gasteiger partial charge is 0.303 e. The molecule has 2 N–H and O–H groups in total. The van der Waals surface area contributed by atoms with E-state index < -0.39 is 16.0 Å². The van der Waals surface area contributed by atoms with Gasteiger partial charge in [0.1, 0.15) is 5.82 Å². The molecule has 24 heavy (non-hydrogen) atoms. The first kappa shape index (κ1) is 16.9. The lowest BCUT2D eigenvalue weighted by molar-refractivity contribution is -0.138. The second-order valence-electron chi connectivity index (χ2n) is 6.43. The van der Waals surface area contributed by atoms with Crippen molar-refractivity contribution in [2.24, 2.45) is 11.8 Å². The van der Waals surface area contributed by atoms with Crippen molar-refractivity contribution in [1.82, 2.24) is 14.3 Å². The zero-order valence-corrected chi connectivity index (χ0v) is 14.3. The van der Waals surface area contributed by atoms with Gasteiger partial charge in [0.15, 0.2) is 0 Å². The first-order valence-electron chi connectivity index (χ1n) is 7.93. The van der Waals surface area contributed by atoms with Crippen LogP contribution in [-0.2, 0) is 21.2 Å². The third kappa shape index (κ3) is 3.76. The van der Waals surface area contributed by atoms with Gasteiger partial charge in [-0.3, -0.25) is 4.79 Å². The molecule has 1 aromatic heterocycles. The summed E-state index contributed by atoms with van der Waals surface area (Å²) in [6, 6.07) is 7.67. The minimum atomic E-state index is -3.27. The number of nitrogens with one attached hydrogen (secondary N) is 1. The van der Waals surface area contributed by atoms with E-state index >= 15 is 0 Å². The Bertz CT molecular complexity index is 813. The molecule has 1 aliphatic heterocycles. The van der Waals surface area contributed by atoms with Gasteiger partial charge in [-0.25, -0.2) is 17.7 Å². The Morgan fingerprint density at radius 3 is 2.79 bits per heavy atom. The van der Waals surface area contributed by atoms with E-state index in [9.17, 15) is 13.2 Å². The van der Waals surface area contributed by atoms with E-state index in [2.05, 4.69) is 9.97 Å². The molecule has 0 spiro atoms. The maximum atomic E-state index is 11.8. The monoisotopic (exact) mass is 351 g/mol. The van der Waals surface area contributed by atoms with Crippen LogP contribution in [-0.4, -0.2) is 53.1 Å². The number of nitrogens with zero attached hydrogens (tertiary/aromatic N) is 2. The highest BCUT2D eigenvalue weighted by Crippen LogP contribution is 2.30. The quantitative estimate of drug-likeness (QED) is 0.849. The van der Waals surface area contributed by atoms with Crippen LogP contribution in [0.4, 0.5) is 0 Å². The summed E-state index contributed by atoms with van der Waals surface area (Å²) in [6.07, 6.45) is 2.36. The Labute approximate surface area is 140 Å². The Morgan fingerprint density at radius 1 is 1.38 bits per heavy atom. The van der Waals surface area contributed by atoms with Gasteiger partial charge in [-0.1, -0.05) is 12.1 Å². The summed E-state index contributed by atoms with van der Waals surface area (Å²) >= 11 is 0. The van der Waals surface area contributed by atoms with Crippen LogP contribution in [0.2, 0.25) is 0 Å². The van der Waals surface area contributed by atoms with Crippen LogP contribution in [0.5, 0.6) is 0 Å². The predicted octanol–water partition coefficient (Wildman–Crippen LogP) is 1.48. The normalized spacial score (nSPS) is 22.7. The molecule has 0 radical (unpaired) electrons. The van der Waals surface area contributed by atoms with Crippen molar-refractivity contribution in [3.8, 4) is 0 Å². The summed E-state index contributed by atoms with van der Waals surface area (Å²) in [4.78, 5) is 18.9. The van der Waals surface area contributed by atoms with E-state index in [4.69, 9.17) is 5.11 Å². The lowest BCUT2D eigenvalue weighted by atomic mass is 9.82. The second kappa shape index (κ2) is 6.52. The summed E-state index contributed by atoms with van der Waals surface area (Å²) in [6.45, 7) is 0.723. The summed E-state index contributed by atoms with van der Waals surface area (Å²) in [5.74, 6) is -0.187. The molecule has 130 valence electrons. The van der Waals surface area contributed by atoms with Gasteiger partial charge in [-0.15, -0.1) is 0 Å². The number of carbonyl (C=O) groups is 1. The molecule has 2 aromatic rings. The molecular weight excluding hydrogens is 330 g/mol. The predicted molar refractivity (Wildman–Crippen MR) is 90.1 cm³/mol. The molecule has 0 saturated carbocycles. The molecule has 8 heteroatoms. The van der Waals surface area contributed by atoms with Gasteiger partial charge in [0.25, 0.3) is 0 Å². The lowest BCUT2D eigenvalue weighted by Gasteiger charge is -2.36. The van der Waals surface area contributed by atoms with Crippen molar-refractivity contribution >= 4 is 27.0 Å². The first-order chi connectivity index (χ1) is 11.3. The molecule has 2 unspecified atom stereocenters. The van der Waals surface area contributed by atoms with Crippen LogP contribution in [0, 0.1) is 11.8 Å². The largest absolute Gasteiger partial charge is 0.481 e. The summed E-state index contributed by atoms with van der Waals surface area (Å²) in [5.41, 5.74) is 1.79. The number of rotatable bonds is 5. The molecule has 1 fully saturated rings. The van der Waals surface area contributed by atoms with E-state index in [0.29, 0.717) is 25.9 Å². The highest BCUT2D eigenvalue weighted by atomic mass is 32.2. The van der Waals surface area contributed by atoms with Crippen molar-refractivity contribution in [3.05, 3.63) is 30.1 Å². The molecular formula is C16H21N3O4S. The van der Waals surface area contributed by atoms with E-state index in [-0.39, 0.29) is 18.3 Å². The van der Waals surface area contributed by atoms with Crippen molar-refractivity contribution < 1.29 is 18.3 Å². The fourth-order valence-corrected chi connectivity index (χ4v) is 4.32. The van der Waals surface area contributed by atoms with Gasteiger partial charge in [0.05, 0.1) is 17.3 Å². The Hall–Kier alpha value is -1.93. The number of aliphatic carboxylic acids is 1. The zero-order valence-electron chi connectivity index (χ0n) is 13.5. The number of piperidine rings is 1. The van der Waals surface area contributed by atoms with Crippen molar-refractivity contribution in [1.29, 1.82) is 0 Å². The number of imidazole rings is 1. The molecule has 0 bridgehead atoms. The van der Waals surface area contributed by atoms with Gasteiger partial charge in [-0.05, 0) is 30.4 Å². The van der Waals surface area contributed by atoms with E-state index in [1.807, 2.05) is 24.3 Å². The van der Waals surface area contributed by atoms with Crippen molar-refractivity contribution in [2.75, 3.05) is 19.3 Å². The molecule has 1 saturated heterocycles. The van der Waals surface area contributed by atoms with Crippen LogP contribution < -0.4 is 0 Å². The molecule has 2 heterocycles. The molecule has 2 atom stereocenters. The molecule has 7 nitrogen and oxygen atoms in total. The number of para-hydroxylation sites is 2. The van der Waals surface area contributed by atoms with Gasteiger partial charge in [-0.2, -0.15) is 0 Å². The second-order valence-corrected chi connectivity index (χ2v) is 8.41. The average molecular weight is 351 g/mol. The van der Waals surface area contributed by atoms with Gasteiger partial charge in [0, 0.05) is 25.9 Å². The maximum Gasteiger partial charge on any atom is 0.303 e. The molecule has 1 aromatic carbocycles. The van der Waals surface area contributed by atoms with E-state index in [1.54, 1.807) is 0 Å². The summed E-state index contributed by atoms with van der Waals surface area (Å²) in [5, 5.41) is 9.13. The number of hydrogen-bond acceptors (Lipinski definition) is 4. The van der Waals surface area contributed by atoms with Gasteiger partial charge in [0.2, 0.25) is 10.0 Å². The Morgan fingerprint density at radius 2 is 2.12 bits per heavy atom. The number of aromatic amines is 1. The summed E-state index contributed by atoms with van der Waals surface area (Å²) < 4.78 is 25.1. The van der Waals surface area contributed by atoms with Crippen LogP contribution in [0.15, 0.2) is 24.3 Å². The Kier molecular flexibility index (Phi) is 4.60. The molecule has 0 aliphatic carbocycles. The average Bonchev–Trinajstić information content (AvgIpc) is 2.89. The number of fused-ring (bicyclic) bond motifs is 1. The number of hydrogen-bond donors (Lipinski definition) is 2.